The van der Waals surface area contributed by atoms with Gasteiger partial charge in [0.05, 0.1) is 18.0 Å². The Morgan fingerprint density at radius 1 is 1.11 bits per heavy atom. The van der Waals surface area contributed by atoms with Gasteiger partial charge < -0.3 is 4.74 Å². The van der Waals surface area contributed by atoms with Gasteiger partial charge in [0.25, 0.3) is 0 Å². The molecule has 28 heavy (non-hydrogen) atoms. The molecule has 0 unspecified atom stereocenters. The van der Waals surface area contributed by atoms with E-state index in [4.69, 9.17) is 9.84 Å². The highest BCUT2D eigenvalue weighted by molar-refractivity contribution is 9.10. The highest BCUT2D eigenvalue weighted by Crippen LogP contribution is 2.27. The van der Waals surface area contributed by atoms with Crippen molar-refractivity contribution in [1.29, 1.82) is 0 Å². The van der Waals surface area contributed by atoms with Crippen molar-refractivity contribution >= 4 is 33.8 Å². The normalized spacial score (nSPS) is 11.3. The zero-order valence-electron chi connectivity index (χ0n) is 15.6. The highest BCUT2D eigenvalue weighted by Gasteiger charge is 2.19. The molecule has 0 bridgehead atoms. The Labute approximate surface area is 171 Å². The fourth-order valence-electron chi connectivity index (χ4n) is 2.71. The van der Waals surface area contributed by atoms with Gasteiger partial charge >= 0.3 is 5.97 Å². The summed E-state index contributed by atoms with van der Waals surface area (Å²) >= 11 is 3.43. The van der Waals surface area contributed by atoms with Gasteiger partial charge in [-0.3, -0.25) is 4.79 Å². The molecule has 0 saturated heterocycles. The Morgan fingerprint density at radius 3 is 2.39 bits per heavy atom. The molecule has 0 saturated carbocycles. The summed E-state index contributed by atoms with van der Waals surface area (Å²) in [5.74, 6) is -0.989. The van der Waals surface area contributed by atoms with Crippen molar-refractivity contribution in [3.8, 4) is 16.9 Å². The van der Waals surface area contributed by atoms with Crippen LogP contribution in [0.15, 0.2) is 70.8 Å². The number of aromatic nitrogens is 2. The van der Waals surface area contributed by atoms with Crippen LogP contribution >= 0.6 is 15.9 Å². The van der Waals surface area contributed by atoms with E-state index in [1.54, 1.807) is 23.9 Å². The van der Waals surface area contributed by atoms with E-state index in [0.29, 0.717) is 11.3 Å². The van der Waals surface area contributed by atoms with Crippen molar-refractivity contribution in [2.45, 2.75) is 13.8 Å². The van der Waals surface area contributed by atoms with E-state index in [0.717, 1.165) is 15.7 Å². The lowest BCUT2D eigenvalue weighted by molar-refractivity contribution is -0.139. The fraction of sp³-hybridized carbons (Fsp3) is 0.136. The molecule has 3 rings (SSSR count). The summed E-state index contributed by atoms with van der Waals surface area (Å²) < 4.78 is 7.71. The van der Waals surface area contributed by atoms with Crippen LogP contribution in [0.25, 0.3) is 23.0 Å². The molecule has 0 amide bonds. The van der Waals surface area contributed by atoms with Crippen LogP contribution in [0.1, 0.15) is 19.4 Å². The molecule has 0 radical (unpaired) electrons. The minimum absolute atomic E-state index is 0.00665. The van der Waals surface area contributed by atoms with Gasteiger partial charge in [-0.1, -0.05) is 46.3 Å². The van der Waals surface area contributed by atoms with Crippen LogP contribution in [-0.2, 0) is 14.3 Å². The van der Waals surface area contributed by atoms with Crippen LogP contribution in [0.3, 0.4) is 0 Å². The first-order valence-corrected chi connectivity index (χ1v) is 9.59. The van der Waals surface area contributed by atoms with Crippen molar-refractivity contribution in [1.82, 2.24) is 9.78 Å². The molecule has 0 aliphatic rings. The lowest BCUT2D eigenvalue weighted by Gasteiger charge is -2.04. The second-order valence-corrected chi connectivity index (χ2v) is 6.97. The number of hydrogen-bond acceptors (Lipinski definition) is 4. The predicted octanol–water partition coefficient (Wildman–Crippen LogP) is 4.84. The van der Waals surface area contributed by atoms with Crippen LogP contribution in [0.2, 0.25) is 0 Å². The molecule has 0 fully saturated rings. The smallest absolute Gasteiger partial charge is 0.341 e. The van der Waals surface area contributed by atoms with Crippen LogP contribution in [0.5, 0.6) is 0 Å². The molecule has 0 aliphatic carbocycles. The summed E-state index contributed by atoms with van der Waals surface area (Å²) in [4.78, 5) is 24.2. The Hall–Kier alpha value is -2.99. The molecule has 0 atom stereocenters. The largest absolute Gasteiger partial charge is 0.462 e. The van der Waals surface area contributed by atoms with Crippen molar-refractivity contribution in [2.75, 3.05) is 6.61 Å². The van der Waals surface area contributed by atoms with Crippen molar-refractivity contribution in [2.24, 2.45) is 0 Å². The van der Waals surface area contributed by atoms with Crippen LogP contribution in [-0.4, -0.2) is 28.1 Å². The number of ketones is 1. The predicted molar refractivity (Wildman–Crippen MR) is 112 cm³/mol. The minimum Gasteiger partial charge on any atom is -0.462 e. The monoisotopic (exact) mass is 438 g/mol. The van der Waals surface area contributed by atoms with Gasteiger partial charge in [-0.15, -0.1) is 0 Å². The Bertz CT molecular complexity index is 1020. The summed E-state index contributed by atoms with van der Waals surface area (Å²) in [6, 6.07) is 17.3. The standard InChI is InChI=1S/C22H19BrN2O3/c1-3-28-22(27)20(15(2)26)13-17-14-25(19-7-5-4-6-8-19)24-21(17)16-9-11-18(23)12-10-16/h4-14H,3H2,1-2H3/b20-13+. The molecule has 1 heterocycles. The molecule has 0 spiro atoms. The average Bonchev–Trinajstić information content (AvgIpc) is 3.11. The average molecular weight is 439 g/mol. The van der Waals surface area contributed by atoms with E-state index >= 15 is 0 Å². The van der Waals surface area contributed by atoms with Crippen LogP contribution < -0.4 is 0 Å². The lowest BCUT2D eigenvalue weighted by Crippen LogP contribution is -2.13. The topological polar surface area (TPSA) is 61.2 Å². The maximum absolute atomic E-state index is 12.2. The number of carbonyl (C=O) groups excluding carboxylic acids is 2. The second kappa shape index (κ2) is 8.80. The first-order valence-electron chi connectivity index (χ1n) is 8.80. The third-order valence-electron chi connectivity index (χ3n) is 4.06. The minimum atomic E-state index is -0.635. The van der Waals surface area contributed by atoms with Gasteiger partial charge in [-0.25, -0.2) is 9.48 Å². The molecule has 142 valence electrons. The Balaban J connectivity index is 2.16. The van der Waals surface area contributed by atoms with Gasteiger partial charge in [0.2, 0.25) is 0 Å². The fourth-order valence-corrected chi connectivity index (χ4v) is 2.97. The van der Waals surface area contributed by atoms with E-state index in [9.17, 15) is 9.59 Å². The van der Waals surface area contributed by atoms with E-state index in [1.807, 2.05) is 54.6 Å². The maximum atomic E-state index is 12.2. The molecule has 2 aromatic carbocycles. The molecule has 3 aromatic rings. The number of hydrogen-bond donors (Lipinski definition) is 0. The summed E-state index contributed by atoms with van der Waals surface area (Å²) in [7, 11) is 0. The van der Waals surface area contributed by atoms with E-state index in [1.165, 1.54) is 6.92 Å². The molecular formula is C22H19BrN2O3. The summed E-state index contributed by atoms with van der Waals surface area (Å²) in [5.41, 5.74) is 3.06. The molecule has 0 aliphatic heterocycles. The molecule has 5 nitrogen and oxygen atoms in total. The second-order valence-electron chi connectivity index (χ2n) is 6.05. The zero-order valence-corrected chi connectivity index (χ0v) is 17.1. The van der Waals surface area contributed by atoms with Crippen LogP contribution in [0, 0.1) is 0 Å². The summed E-state index contributed by atoms with van der Waals surface area (Å²) in [6.07, 6.45) is 3.35. The number of ether oxygens (including phenoxy) is 1. The molecular weight excluding hydrogens is 420 g/mol. The molecule has 6 heteroatoms. The maximum Gasteiger partial charge on any atom is 0.341 e. The summed E-state index contributed by atoms with van der Waals surface area (Å²) in [5, 5.41) is 4.69. The van der Waals surface area contributed by atoms with Gasteiger partial charge in [0, 0.05) is 21.8 Å². The van der Waals surface area contributed by atoms with Crippen molar-refractivity contribution in [3.05, 3.63) is 76.4 Å². The van der Waals surface area contributed by atoms with Crippen LogP contribution in [0.4, 0.5) is 0 Å². The Kier molecular flexibility index (Phi) is 6.21. The van der Waals surface area contributed by atoms with E-state index < -0.39 is 5.97 Å². The van der Waals surface area contributed by atoms with Gasteiger partial charge in [-0.2, -0.15) is 5.10 Å². The summed E-state index contributed by atoms with van der Waals surface area (Å²) in [6.45, 7) is 3.26. The number of benzene rings is 2. The number of nitrogens with zero attached hydrogens (tertiary/aromatic N) is 2. The van der Waals surface area contributed by atoms with Crippen molar-refractivity contribution in [3.63, 3.8) is 0 Å². The van der Waals surface area contributed by atoms with E-state index in [-0.39, 0.29) is 18.0 Å². The van der Waals surface area contributed by atoms with Gasteiger partial charge in [0.1, 0.15) is 5.57 Å². The van der Waals surface area contributed by atoms with Gasteiger partial charge in [0.15, 0.2) is 5.78 Å². The third kappa shape index (κ3) is 4.46. The number of esters is 1. The van der Waals surface area contributed by atoms with Gasteiger partial charge in [-0.05, 0) is 44.2 Å². The third-order valence-corrected chi connectivity index (χ3v) is 4.58. The number of halogens is 1. The number of carbonyl (C=O) groups is 2. The Morgan fingerprint density at radius 2 is 1.79 bits per heavy atom. The van der Waals surface area contributed by atoms with E-state index in [2.05, 4.69) is 15.9 Å². The first-order chi connectivity index (χ1) is 13.5. The lowest BCUT2D eigenvalue weighted by atomic mass is 10.0. The number of Topliss-reactive ketones (excluding diaryl/α,β-unsaturated/α-hetero) is 1. The zero-order chi connectivity index (χ0) is 20.1. The highest BCUT2D eigenvalue weighted by atomic mass is 79.9. The SMILES string of the molecule is CCOC(=O)/C(=C/c1cn(-c2ccccc2)nc1-c1ccc(Br)cc1)C(C)=O. The number of rotatable bonds is 6. The quantitative estimate of drug-likeness (QED) is 0.239. The number of para-hydroxylation sites is 1. The van der Waals surface area contributed by atoms with Crippen molar-refractivity contribution < 1.29 is 14.3 Å². The first kappa shape index (κ1) is 19.8. The molecule has 1 aromatic heterocycles. The molecule has 0 N–H and O–H groups in total.